The van der Waals surface area contributed by atoms with Crippen molar-refractivity contribution in [2.75, 3.05) is 12.0 Å². The number of nitrogens with one attached hydrogen (secondary N) is 1. The number of hydrogen-bond donors (Lipinski definition) is 2. The largest absolute Gasteiger partial charge is 0.332 e. The number of fused-ring (bicyclic) bond motifs is 1. The Kier molecular flexibility index (Phi) is 2.88. The maximum absolute atomic E-state index is 12.3. The Morgan fingerprint density at radius 2 is 2.21 bits per heavy atom. The van der Waals surface area contributed by atoms with Gasteiger partial charge in [-0.05, 0) is 12.1 Å². The Bertz CT molecular complexity index is 591. The van der Waals surface area contributed by atoms with E-state index in [0.29, 0.717) is 24.5 Å². The third-order valence-electron chi connectivity index (χ3n) is 3.18. The first-order chi connectivity index (χ1) is 9.28. The van der Waals surface area contributed by atoms with Crippen LogP contribution < -0.4 is 11.3 Å². The molecular weight excluding hydrogens is 244 g/mol. The van der Waals surface area contributed by atoms with Crippen LogP contribution in [0, 0.1) is 0 Å². The van der Waals surface area contributed by atoms with E-state index >= 15 is 0 Å². The average molecular weight is 258 g/mol. The molecule has 19 heavy (non-hydrogen) atoms. The summed E-state index contributed by atoms with van der Waals surface area (Å²) in [5.41, 5.74) is 3.57. The molecule has 1 amide bonds. The fraction of sp³-hybridized carbons (Fsp3) is 0.250. The maximum atomic E-state index is 12.3. The highest BCUT2D eigenvalue weighted by molar-refractivity contribution is 5.92. The van der Waals surface area contributed by atoms with Crippen LogP contribution >= 0.6 is 0 Å². The zero-order valence-corrected chi connectivity index (χ0v) is 10.3. The molecule has 7 nitrogen and oxygen atoms in total. The van der Waals surface area contributed by atoms with Crippen molar-refractivity contribution in [1.29, 1.82) is 0 Å². The summed E-state index contributed by atoms with van der Waals surface area (Å²) in [5, 5.41) is 0. The topological polar surface area (TPSA) is 89.1 Å². The van der Waals surface area contributed by atoms with Crippen LogP contribution in [0.5, 0.6) is 0 Å². The van der Waals surface area contributed by atoms with E-state index in [0.717, 1.165) is 12.4 Å². The zero-order chi connectivity index (χ0) is 13.2. The van der Waals surface area contributed by atoms with Crippen molar-refractivity contribution in [3.63, 3.8) is 0 Å². The number of pyridine rings is 1. The minimum absolute atomic E-state index is 0.0854. The summed E-state index contributed by atoms with van der Waals surface area (Å²) in [6, 6.07) is 3.39. The van der Waals surface area contributed by atoms with E-state index in [4.69, 9.17) is 5.84 Å². The molecule has 0 fully saturated rings. The molecule has 0 aromatic carbocycles. The normalized spacial score (nSPS) is 14.1. The van der Waals surface area contributed by atoms with Crippen molar-refractivity contribution < 1.29 is 4.79 Å². The first kappa shape index (κ1) is 11.7. The number of rotatable bonds is 2. The molecular formula is C12H14N6O. The van der Waals surface area contributed by atoms with E-state index in [9.17, 15) is 4.79 Å². The standard InChI is InChI=1S/C12H14N6O/c13-16-9-1-2-10(15-7-9)12(19)18-6-5-17-4-3-14-11(17)8-18/h1-4,7,16H,5-6,8,13H2. The van der Waals surface area contributed by atoms with Crippen LogP contribution in [0.4, 0.5) is 5.69 Å². The molecule has 0 saturated carbocycles. The van der Waals surface area contributed by atoms with Crippen molar-refractivity contribution in [1.82, 2.24) is 19.4 Å². The number of anilines is 1. The lowest BCUT2D eigenvalue weighted by Crippen LogP contribution is -2.38. The van der Waals surface area contributed by atoms with Crippen LogP contribution in [0.25, 0.3) is 0 Å². The van der Waals surface area contributed by atoms with Crippen LogP contribution in [0.15, 0.2) is 30.7 Å². The van der Waals surface area contributed by atoms with E-state index in [1.54, 1.807) is 23.2 Å². The lowest BCUT2D eigenvalue weighted by molar-refractivity contribution is 0.0701. The van der Waals surface area contributed by atoms with Crippen LogP contribution in [0.3, 0.4) is 0 Å². The summed E-state index contributed by atoms with van der Waals surface area (Å²) in [6.07, 6.45) is 5.22. The second kappa shape index (κ2) is 4.69. The monoisotopic (exact) mass is 258 g/mol. The van der Waals surface area contributed by atoms with E-state index in [1.807, 2.05) is 6.20 Å². The van der Waals surface area contributed by atoms with E-state index in [1.165, 1.54) is 6.20 Å². The molecule has 1 aliphatic heterocycles. The zero-order valence-electron chi connectivity index (χ0n) is 10.3. The third kappa shape index (κ3) is 2.15. The number of carbonyl (C=O) groups excluding carboxylic acids is 1. The van der Waals surface area contributed by atoms with Gasteiger partial charge < -0.3 is 14.9 Å². The molecule has 1 aliphatic rings. The number of imidazole rings is 1. The van der Waals surface area contributed by atoms with Gasteiger partial charge in [0, 0.05) is 25.5 Å². The Balaban J connectivity index is 1.77. The molecule has 7 heteroatoms. The molecule has 98 valence electrons. The fourth-order valence-corrected chi connectivity index (χ4v) is 2.11. The summed E-state index contributed by atoms with van der Waals surface area (Å²) >= 11 is 0. The van der Waals surface area contributed by atoms with Gasteiger partial charge in [0.15, 0.2) is 0 Å². The highest BCUT2D eigenvalue weighted by atomic mass is 16.2. The van der Waals surface area contributed by atoms with Gasteiger partial charge >= 0.3 is 0 Å². The van der Waals surface area contributed by atoms with Crippen molar-refractivity contribution in [2.45, 2.75) is 13.1 Å². The molecule has 0 unspecified atom stereocenters. The number of hydrogen-bond acceptors (Lipinski definition) is 5. The summed E-state index contributed by atoms with van der Waals surface area (Å²) in [4.78, 5) is 22.4. The van der Waals surface area contributed by atoms with Gasteiger partial charge in [-0.25, -0.2) is 9.97 Å². The van der Waals surface area contributed by atoms with Gasteiger partial charge in [0.2, 0.25) is 0 Å². The molecule has 0 aliphatic carbocycles. The van der Waals surface area contributed by atoms with Crippen LogP contribution in [0.2, 0.25) is 0 Å². The molecule has 0 atom stereocenters. The quantitative estimate of drug-likeness (QED) is 0.594. The Hall–Kier alpha value is -2.41. The number of aromatic nitrogens is 3. The highest BCUT2D eigenvalue weighted by Crippen LogP contribution is 2.14. The predicted molar refractivity (Wildman–Crippen MR) is 69.0 cm³/mol. The lowest BCUT2D eigenvalue weighted by Gasteiger charge is -2.27. The molecule has 0 spiro atoms. The molecule has 3 N–H and O–H groups in total. The number of nitrogens with two attached hydrogens (primary N) is 1. The SMILES string of the molecule is NNc1ccc(C(=O)N2CCn3ccnc3C2)nc1. The maximum Gasteiger partial charge on any atom is 0.272 e. The molecule has 0 bridgehead atoms. The first-order valence-electron chi connectivity index (χ1n) is 6.00. The second-order valence-corrected chi connectivity index (χ2v) is 4.34. The van der Waals surface area contributed by atoms with Gasteiger partial charge in [0.25, 0.3) is 5.91 Å². The second-order valence-electron chi connectivity index (χ2n) is 4.34. The van der Waals surface area contributed by atoms with Gasteiger partial charge in [-0.3, -0.25) is 10.6 Å². The molecule has 3 rings (SSSR count). The number of carbonyl (C=O) groups is 1. The number of amides is 1. The van der Waals surface area contributed by atoms with Gasteiger partial charge in [-0.2, -0.15) is 0 Å². The fourth-order valence-electron chi connectivity index (χ4n) is 2.11. The summed E-state index contributed by atoms with van der Waals surface area (Å²) in [7, 11) is 0. The van der Waals surface area contributed by atoms with Crippen molar-refractivity contribution in [3.8, 4) is 0 Å². The van der Waals surface area contributed by atoms with Crippen molar-refractivity contribution in [2.24, 2.45) is 5.84 Å². The number of hydrazine groups is 1. The minimum Gasteiger partial charge on any atom is -0.332 e. The van der Waals surface area contributed by atoms with Crippen LogP contribution in [-0.2, 0) is 13.1 Å². The first-order valence-corrected chi connectivity index (χ1v) is 6.00. The Morgan fingerprint density at radius 3 is 2.95 bits per heavy atom. The Labute approximate surface area is 110 Å². The number of nitrogens with zero attached hydrogens (tertiary/aromatic N) is 4. The van der Waals surface area contributed by atoms with Crippen LogP contribution in [-0.4, -0.2) is 31.9 Å². The highest BCUT2D eigenvalue weighted by Gasteiger charge is 2.22. The van der Waals surface area contributed by atoms with Gasteiger partial charge in [0.1, 0.15) is 11.5 Å². The Morgan fingerprint density at radius 1 is 1.32 bits per heavy atom. The molecule has 2 aromatic heterocycles. The van der Waals surface area contributed by atoms with Crippen molar-refractivity contribution in [3.05, 3.63) is 42.2 Å². The third-order valence-corrected chi connectivity index (χ3v) is 3.18. The summed E-state index contributed by atoms with van der Waals surface area (Å²) in [5.74, 6) is 6.08. The molecule has 3 heterocycles. The van der Waals surface area contributed by atoms with E-state index < -0.39 is 0 Å². The molecule has 0 saturated heterocycles. The van der Waals surface area contributed by atoms with E-state index in [2.05, 4.69) is 20.0 Å². The molecule has 0 radical (unpaired) electrons. The predicted octanol–water partition coefficient (Wildman–Crippen LogP) is 0.220. The average Bonchev–Trinajstić information content (AvgIpc) is 2.94. The lowest BCUT2D eigenvalue weighted by atomic mass is 10.2. The van der Waals surface area contributed by atoms with Gasteiger partial charge in [-0.15, -0.1) is 0 Å². The van der Waals surface area contributed by atoms with Crippen LogP contribution in [0.1, 0.15) is 16.3 Å². The summed E-state index contributed by atoms with van der Waals surface area (Å²) in [6.45, 7) is 1.95. The summed E-state index contributed by atoms with van der Waals surface area (Å²) < 4.78 is 2.05. The smallest absolute Gasteiger partial charge is 0.272 e. The van der Waals surface area contributed by atoms with Gasteiger partial charge in [0.05, 0.1) is 18.4 Å². The van der Waals surface area contributed by atoms with Crippen molar-refractivity contribution >= 4 is 11.6 Å². The minimum atomic E-state index is -0.0854. The van der Waals surface area contributed by atoms with Gasteiger partial charge in [-0.1, -0.05) is 0 Å². The number of nitrogen functional groups attached to an aromatic ring is 1. The molecule has 2 aromatic rings. The van der Waals surface area contributed by atoms with E-state index in [-0.39, 0.29) is 5.91 Å².